The Labute approximate surface area is 129 Å². The van der Waals surface area contributed by atoms with Gasteiger partial charge in [0, 0.05) is 24.5 Å². The van der Waals surface area contributed by atoms with Crippen LogP contribution in [0.1, 0.15) is 35.0 Å². The molecular formula is C13H16BrN3S2. The van der Waals surface area contributed by atoms with Crippen molar-refractivity contribution in [3.63, 3.8) is 0 Å². The van der Waals surface area contributed by atoms with E-state index in [-0.39, 0.29) is 6.04 Å². The smallest absolute Gasteiger partial charge is 0.185 e. The second-order valence-electron chi connectivity index (χ2n) is 4.92. The van der Waals surface area contributed by atoms with E-state index in [9.17, 15) is 0 Å². The van der Waals surface area contributed by atoms with Gasteiger partial charge in [0.2, 0.25) is 0 Å². The fraction of sp³-hybridized carbons (Fsp3) is 0.462. The van der Waals surface area contributed by atoms with Gasteiger partial charge in [0.05, 0.1) is 9.48 Å². The molecule has 102 valence electrons. The molecule has 2 aromatic rings. The molecule has 0 fully saturated rings. The first-order valence-corrected chi connectivity index (χ1v) is 8.81. The molecule has 0 aliphatic heterocycles. The molecule has 1 aliphatic carbocycles. The number of rotatable bonds is 3. The SMILES string of the molecule is CN(Cc1csc(Br)c1)c1nc2c(s1)C(N)CCC2. The number of nitrogens with zero attached hydrogens (tertiary/aromatic N) is 2. The Kier molecular flexibility index (Phi) is 3.93. The van der Waals surface area contributed by atoms with Crippen molar-refractivity contribution < 1.29 is 0 Å². The number of aromatic nitrogens is 1. The van der Waals surface area contributed by atoms with E-state index in [2.05, 4.69) is 39.3 Å². The van der Waals surface area contributed by atoms with Crippen LogP contribution in [0.5, 0.6) is 0 Å². The molecule has 0 saturated carbocycles. The van der Waals surface area contributed by atoms with E-state index in [1.807, 2.05) is 0 Å². The zero-order valence-electron chi connectivity index (χ0n) is 10.7. The summed E-state index contributed by atoms with van der Waals surface area (Å²) in [5, 5.41) is 3.27. The molecule has 0 amide bonds. The first kappa shape index (κ1) is 13.5. The van der Waals surface area contributed by atoms with Gasteiger partial charge in [-0.05, 0) is 52.2 Å². The molecule has 2 heterocycles. The number of fused-ring (bicyclic) bond motifs is 1. The largest absolute Gasteiger partial charge is 0.347 e. The van der Waals surface area contributed by atoms with Crippen molar-refractivity contribution in [1.82, 2.24) is 4.98 Å². The third-order valence-corrected chi connectivity index (χ3v) is 6.25. The van der Waals surface area contributed by atoms with Crippen LogP contribution in [0.15, 0.2) is 15.2 Å². The van der Waals surface area contributed by atoms with Crippen molar-refractivity contribution in [1.29, 1.82) is 0 Å². The number of aryl methyl sites for hydroxylation is 1. The summed E-state index contributed by atoms with van der Waals surface area (Å²) in [4.78, 5) is 8.26. The number of hydrogen-bond donors (Lipinski definition) is 1. The summed E-state index contributed by atoms with van der Waals surface area (Å²) < 4.78 is 1.18. The lowest BCUT2D eigenvalue weighted by atomic mass is 9.99. The van der Waals surface area contributed by atoms with Crippen molar-refractivity contribution >= 4 is 43.7 Å². The maximum absolute atomic E-state index is 6.16. The van der Waals surface area contributed by atoms with Gasteiger partial charge >= 0.3 is 0 Å². The van der Waals surface area contributed by atoms with Crippen LogP contribution < -0.4 is 10.6 Å². The molecule has 0 saturated heterocycles. The molecule has 1 unspecified atom stereocenters. The van der Waals surface area contributed by atoms with E-state index >= 15 is 0 Å². The highest BCUT2D eigenvalue weighted by Gasteiger charge is 2.22. The van der Waals surface area contributed by atoms with Crippen LogP contribution in [0.4, 0.5) is 5.13 Å². The summed E-state index contributed by atoms with van der Waals surface area (Å²) in [6, 6.07) is 2.36. The standard InChI is InChI=1S/C13H16BrN3S2/c1-17(6-8-5-11(14)18-7-8)13-16-10-4-2-3-9(15)12(10)19-13/h5,7,9H,2-4,6,15H2,1H3. The summed E-state index contributed by atoms with van der Waals surface area (Å²) in [5.74, 6) is 0. The van der Waals surface area contributed by atoms with E-state index in [1.165, 1.54) is 26.3 Å². The Balaban J connectivity index is 1.78. The number of thiophene rings is 1. The van der Waals surface area contributed by atoms with Crippen LogP contribution in [-0.2, 0) is 13.0 Å². The van der Waals surface area contributed by atoms with Crippen LogP contribution in [0, 0.1) is 0 Å². The van der Waals surface area contributed by atoms with Crippen molar-refractivity contribution in [2.45, 2.75) is 31.8 Å². The minimum Gasteiger partial charge on any atom is -0.347 e. The number of hydrogen-bond acceptors (Lipinski definition) is 5. The highest BCUT2D eigenvalue weighted by molar-refractivity contribution is 9.11. The van der Waals surface area contributed by atoms with Crippen molar-refractivity contribution in [2.24, 2.45) is 5.73 Å². The molecule has 3 rings (SSSR count). The van der Waals surface area contributed by atoms with Gasteiger partial charge in [-0.25, -0.2) is 4.98 Å². The van der Waals surface area contributed by atoms with Gasteiger partial charge in [-0.1, -0.05) is 11.3 Å². The van der Waals surface area contributed by atoms with E-state index in [4.69, 9.17) is 10.7 Å². The zero-order valence-corrected chi connectivity index (χ0v) is 13.9. The molecule has 6 heteroatoms. The van der Waals surface area contributed by atoms with Gasteiger partial charge in [0.15, 0.2) is 5.13 Å². The van der Waals surface area contributed by atoms with Gasteiger partial charge in [-0.3, -0.25) is 0 Å². The number of nitrogens with two attached hydrogens (primary N) is 1. The summed E-state index contributed by atoms with van der Waals surface area (Å²) in [6.45, 7) is 0.893. The van der Waals surface area contributed by atoms with Gasteiger partial charge in [-0.2, -0.15) is 0 Å². The van der Waals surface area contributed by atoms with Crippen molar-refractivity contribution in [3.05, 3.63) is 31.4 Å². The molecule has 2 N–H and O–H groups in total. The van der Waals surface area contributed by atoms with Crippen molar-refractivity contribution in [3.8, 4) is 0 Å². The Morgan fingerprint density at radius 1 is 1.58 bits per heavy atom. The summed E-state index contributed by atoms with van der Waals surface area (Å²) in [7, 11) is 2.10. The van der Waals surface area contributed by atoms with Gasteiger partial charge < -0.3 is 10.6 Å². The normalized spacial score (nSPS) is 18.4. The monoisotopic (exact) mass is 357 g/mol. The lowest BCUT2D eigenvalue weighted by molar-refractivity contribution is 0.573. The maximum Gasteiger partial charge on any atom is 0.185 e. The van der Waals surface area contributed by atoms with Gasteiger partial charge in [0.1, 0.15) is 0 Å². The lowest BCUT2D eigenvalue weighted by Crippen LogP contribution is -2.16. The molecule has 0 bridgehead atoms. The molecule has 2 aromatic heterocycles. The van der Waals surface area contributed by atoms with Crippen LogP contribution in [0.25, 0.3) is 0 Å². The maximum atomic E-state index is 6.16. The Morgan fingerprint density at radius 3 is 3.11 bits per heavy atom. The molecule has 0 radical (unpaired) electrons. The molecule has 1 aliphatic rings. The summed E-state index contributed by atoms with van der Waals surface area (Å²) in [6.07, 6.45) is 3.34. The highest BCUT2D eigenvalue weighted by Crippen LogP contribution is 2.36. The third kappa shape index (κ3) is 2.86. The Morgan fingerprint density at radius 2 is 2.42 bits per heavy atom. The third-order valence-electron chi connectivity index (χ3n) is 3.35. The van der Waals surface area contributed by atoms with Crippen LogP contribution >= 0.6 is 38.6 Å². The predicted molar refractivity (Wildman–Crippen MR) is 86.1 cm³/mol. The topological polar surface area (TPSA) is 42.2 Å². The summed E-state index contributed by atoms with van der Waals surface area (Å²) >= 11 is 6.98. The number of halogens is 1. The van der Waals surface area contributed by atoms with Crippen molar-refractivity contribution in [2.75, 3.05) is 11.9 Å². The molecule has 0 aromatic carbocycles. The second-order valence-corrected chi connectivity index (χ2v) is 8.22. The minimum absolute atomic E-state index is 0.193. The Bertz CT molecular complexity index is 578. The predicted octanol–water partition coefficient (Wildman–Crippen LogP) is 3.94. The molecule has 1 atom stereocenters. The lowest BCUT2D eigenvalue weighted by Gasteiger charge is -2.15. The molecule has 0 spiro atoms. The summed E-state index contributed by atoms with van der Waals surface area (Å²) in [5.41, 5.74) is 8.70. The molecule has 3 nitrogen and oxygen atoms in total. The van der Waals surface area contributed by atoms with Gasteiger partial charge in [-0.15, -0.1) is 11.3 Å². The molecular weight excluding hydrogens is 342 g/mol. The van der Waals surface area contributed by atoms with Gasteiger partial charge in [0.25, 0.3) is 0 Å². The van der Waals surface area contributed by atoms with Crippen LogP contribution in [0.2, 0.25) is 0 Å². The average molecular weight is 358 g/mol. The highest BCUT2D eigenvalue weighted by atomic mass is 79.9. The van der Waals surface area contributed by atoms with E-state index in [1.54, 1.807) is 22.7 Å². The second kappa shape index (κ2) is 5.52. The van der Waals surface area contributed by atoms with Crippen LogP contribution in [-0.4, -0.2) is 12.0 Å². The number of thiazole rings is 1. The number of anilines is 1. The first-order valence-electron chi connectivity index (χ1n) is 6.32. The quantitative estimate of drug-likeness (QED) is 0.904. The average Bonchev–Trinajstić information content (AvgIpc) is 2.96. The fourth-order valence-electron chi connectivity index (χ4n) is 2.37. The minimum atomic E-state index is 0.193. The van der Waals surface area contributed by atoms with E-state index in [0.717, 1.165) is 24.5 Å². The Hall–Kier alpha value is -0.430. The van der Waals surface area contributed by atoms with E-state index in [0.29, 0.717) is 0 Å². The first-order chi connectivity index (χ1) is 9.13. The zero-order chi connectivity index (χ0) is 13.4. The molecule has 19 heavy (non-hydrogen) atoms. The fourth-order valence-corrected chi connectivity index (χ4v) is 4.68. The van der Waals surface area contributed by atoms with Crippen LogP contribution in [0.3, 0.4) is 0 Å². The van der Waals surface area contributed by atoms with E-state index < -0.39 is 0 Å².